The monoisotopic (exact) mass is 1100 g/mol. The van der Waals surface area contributed by atoms with E-state index in [0.29, 0.717) is 0 Å². The number of nitrogens with two attached hydrogens (primary N) is 1. The molecule has 6 rings (SSSR count). The largest absolute Gasteiger partial charge is 0.790 e. The normalized spacial score (nSPS) is 22.1. The summed E-state index contributed by atoms with van der Waals surface area (Å²) in [6, 6.07) is 8.58. The number of aliphatic hydroxyl groups excluding tert-OH is 2. The average Bonchev–Trinajstić information content (AvgIpc) is 4.24. The molecule has 1 saturated heterocycles. The van der Waals surface area contributed by atoms with Gasteiger partial charge in [0.05, 0.1) is 32.8 Å². The van der Waals surface area contributed by atoms with Crippen molar-refractivity contribution in [2.75, 3.05) is 32.0 Å². The number of nitrogens with one attached hydrogen (secondary N) is 2. The van der Waals surface area contributed by atoms with Crippen molar-refractivity contribution in [3.05, 3.63) is 48.0 Å². The number of aryl methyl sites for hydroxylation is 2. The number of phosphoric ester groups is 3. The van der Waals surface area contributed by atoms with Gasteiger partial charge in [-0.05, 0) is 75.3 Å². The first kappa shape index (κ1) is 59.1. The van der Waals surface area contributed by atoms with E-state index >= 15 is 0 Å². The highest BCUT2D eigenvalue weighted by molar-refractivity contribution is 7.59. The van der Waals surface area contributed by atoms with E-state index in [0.717, 1.165) is 107 Å². The maximum Gasteiger partial charge on any atom is 0.309 e. The van der Waals surface area contributed by atoms with Crippen molar-refractivity contribution in [1.29, 1.82) is 0 Å². The van der Waals surface area contributed by atoms with Gasteiger partial charge in [0.1, 0.15) is 42.0 Å². The zero-order valence-corrected chi connectivity index (χ0v) is 43.8. The standard InChI is InChI=1S/C45H68N7O19P3/c1-43(2,26-68-74(65,66)71-73(63,64)67-25-31-36(70-72(60,61)62)35(55)41(69-31)52-28-51-34-38(46)49-27-50-39(34)52)37(56)40(57)48-23-15-33(54)47-22-14-32(53)44(18-19-44)16-8-6-11-30-13-9-12-29(24-30)10-5-3-4-7-17-45(20-21-45)42(58)59/h9,12-13,24,27-28,31,35-37,41,55-56H,3-8,10-11,14-23,25-26H2,1-2H3,(H,47,54)(H,48,57)(H,58,59)(H,63,64)(H,65,66)(H2,46,49,50)(H2,60,61,62)/p-4. The number of nitrogens with zero attached hydrogens (tertiary/aromatic N) is 4. The number of benzene rings is 1. The van der Waals surface area contributed by atoms with Crippen molar-refractivity contribution in [2.45, 2.75) is 147 Å². The van der Waals surface area contributed by atoms with Crippen molar-refractivity contribution >= 4 is 64.0 Å². The van der Waals surface area contributed by atoms with Gasteiger partial charge < -0.3 is 74.1 Å². The number of aromatic nitrogens is 4. The van der Waals surface area contributed by atoms with Crippen molar-refractivity contribution in [2.24, 2.45) is 16.2 Å². The molecule has 3 aromatic rings. The molecule has 74 heavy (non-hydrogen) atoms. The number of carboxylic acids is 1. The van der Waals surface area contributed by atoms with Gasteiger partial charge in [-0.25, -0.2) is 19.3 Å². The minimum absolute atomic E-state index is 0.0246. The van der Waals surface area contributed by atoms with Gasteiger partial charge in [0.15, 0.2) is 17.7 Å². The molecule has 7 unspecified atom stereocenters. The number of phosphoric acid groups is 3. The number of ether oxygens (including phenoxy) is 1. The fourth-order valence-electron chi connectivity index (χ4n) is 8.92. The van der Waals surface area contributed by atoms with Crippen LogP contribution in [-0.4, -0.2) is 109 Å². The van der Waals surface area contributed by atoms with Gasteiger partial charge in [0.2, 0.25) is 11.8 Å². The van der Waals surface area contributed by atoms with Crippen molar-refractivity contribution in [3.8, 4) is 0 Å². The number of Topliss-reactive ketones (excluding diaryl/α,β-unsaturated/α-hetero) is 1. The highest BCUT2D eigenvalue weighted by Crippen LogP contribution is 2.57. The van der Waals surface area contributed by atoms with E-state index in [2.05, 4.69) is 67.7 Å². The fourth-order valence-corrected chi connectivity index (χ4v) is 11.7. The first-order valence-corrected chi connectivity index (χ1v) is 28.8. The molecule has 7 N–H and O–H groups in total. The van der Waals surface area contributed by atoms with E-state index in [4.69, 9.17) is 10.5 Å². The SMILES string of the molecule is CC(C)(COP(=O)([O-])OP(=O)([O-])OCC1OC(n2cnc3c(N)ncnc32)C(O)C1OP(=O)([O-])[O-])C(O)C(=O)NCCC(=O)NCCC(=O)C1(CCCCc2cccc(CCCCCCC3(C(=O)O)CC3)c2)CC1. The number of rotatable bonds is 33. The summed E-state index contributed by atoms with van der Waals surface area (Å²) in [6.07, 6.45) is 5.10. The Morgan fingerprint density at radius 3 is 2.14 bits per heavy atom. The number of fused-ring (bicyclic) bond motifs is 1. The molecule has 29 heteroatoms. The van der Waals surface area contributed by atoms with Gasteiger partial charge in [-0.2, -0.15) is 0 Å². The van der Waals surface area contributed by atoms with E-state index in [1.54, 1.807) is 0 Å². The molecule has 2 saturated carbocycles. The van der Waals surface area contributed by atoms with Crippen LogP contribution in [0.1, 0.15) is 121 Å². The molecule has 2 aliphatic carbocycles. The van der Waals surface area contributed by atoms with Crippen molar-refractivity contribution in [1.82, 2.24) is 30.2 Å². The van der Waals surface area contributed by atoms with Crippen LogP contribution in [-0.2, 0) is 68.3 Å². The van der Waals surface area contributed by atoms with Crippen LogP contribution in [0.15, 0.2) is 36.9 Å². The van der Waals surface area contributed by atoms with E-state index in [1.165, 1.54) is 25.0 Å². The number of hydrogen-bond donors (Lipinski definition) is 6. The molecule has 0 bridgehead atoms. The Labute approximate surface area is 427 Å². The Morgan fingerprint density at radius 1 is 0.878 bits per heavy atom. The summed E-state index contributed by atoms with van der Waals surface area (Å²) >= 11 is 0. The number of anilines is 1. The fraction of sp³-hybridized carbons (Fsp3) is 0.667. The lowest BCUT2D eigenvalue weighted by Crippen LogP contribution is -2.46. The number of aliphatic carboxylic acids is 1. The minimum Gasteiger partial charge on any atom is -0.790 e. The predicted molar refractivity (Wildman–Crippen MR) is 252 cm³/mol. The second-order valence-corrected chi connectivity index (χ2v) is 24.0. The molecule has 0 spiro atoms. The van der Waals surface area contributed by atoms with E-state index in [-0.39, 0.29) is 54.1 Å². The van der Waals surface area contributed by atoms with E-state index in [9.17, 15) is 67.8 Å². The molecule has 3 fully saturated rings. The Hall–Kier alpha value is -4.10. The molecule has 0 radical (unpaired) electrons. The smallest absolute Gasteiger partial charge is 0.309 e. The van der Waals surface area contributed by atoms with Gasteiger partial charge in [0.25, 0.3) is 15.6 Å². The summed E-state index contributed by atoms with van der Waals surface area (Å²) in [7, 11) is -17.7. The molecule has 1 aromatic carbocycles. The predicted octanol–water partition coefficient (Wildman–Crippen LogP) is 1.39. The molecular weight excluding hydrogens is 1040 g/mol. The highest BCUT2D eigenvalue weighted by Gasteiger charge is 2.50. The lowest BCUT2D eigenvalue weighted by atomic mass is 9.87. The van der Waals surface area contributed by atoms with Gasteiger partial charge >= 0.3 is 5.97 Å². The summed E-state index contributed by atoms with van der Waals surface area (Å²) in [6.45, 7) is -0.0180. The van der Waals surface area contributed by atoms with Crippen LogP contribution in [0.3, 0.4) is 0 Å². The number of hydrogen-bond acceptors (Lipinski definition) is 22. The van der Waals surface area contributed by atoms with Crippen LogP contribution >= 0.6 is 23.5 Å². The maximum atomic E-state index is 13.1. The molecule has 1 aliphatic heterocycles. The van der Waals surface area contributed by atoms with Crippen LogP contribution in [0.4, 0.5) is 5.82 Å². The van der Waals surface area contributed by atoms with E-state index in [1.807, 2.05) is 0 Å². The van der Waals surface area contributed by atoms with Gasteiger partial charge in [-0.3, -0.25) is 32.9 Å². The average molecular weight is 1100 g/mol. The molecule has 7 atom stereocenters. The van der Waals surface area contributed by atoms with Crippen molar-refractivity contribution in [3.63, 3.8) is 0 Å². The summed E-state index contributed by atoms with van der Waals surface area (Å²) < 4.78 is 61.0. The lowest BCUT2D eigenvalue weighted by Gasteiger charge is -2.36. The summed E-state index contributed by atoms with van der Waals surface area (Å²) in [5.74, 6) is -2.14. The third-order valence-electron chi connectivity index (χ3n) is 13.7. The second kappa shape index (κ2) is 24.9. The number of aliphatic hydroxyl groups is 2. The Balaban J connectivity index is 0.841. The summed E-state index contributed by atoms with van der Waals surface area (Å²) in [4.78, 5) is 110. The third-order valence-corrected chi connectivity index (χ3v) is 16.7. The Morgan fingerprint density at radius 2 is 1.49 bits per heavy atom. The number of amides is 2. The third kappa shape index (κ3) is 16.7. The number of nitrogen functional groups attached to an aromatic ring is 1. The number of unbranched alkanes of at least 4 members (excludes halogenated alkanes) is 4. The summed E-state index contributed by atoms with van der Waals surface area (Å²) in [5.41, 5.74) is 5.80. The van der Waals surface area contributed by atoms with Gasteiger partial charge in [-0.15, -0.1) is 0 Å². The first-order valence-electron chi connectivity index (χ1n) is 24.4. The molecular formula is C45H64N7O19P3-4. The number of ketones is 1. The van der Waals surface area contributed by atoms with Crippen LogP contribution < -0.4 is 35.9 Å². The molecule has 412 valence electrons. The Bertz CT molecular complexity index is 2610. The molecule has 26 nitrogen and oxygen atoms in total. The zero-order chi connectivity index (χ0) is 54.1. The Kier molecular flexibility index (Phi) is 19.9. The number of carbonyl (C=O) groups excluding carboxylic acids is 3. The van der Waals surface area contributed by atoms with Crippen molar-refractivity contribution < 1.29 is 90.4 Å². The minimum atomic E-state index is -5.94. The number of carbonyl (C=O) groups is 4. The van der Waals surface area contributed by atoms with Gasteiger partial charge in [-0.1, -0.05) is 63.8 Å². The van der Waals surface area contributed by atoms with Crippen LogP contribution in [0.25, 0.3) is 11.2 Å². The maximum absolute atomic E-state index is 13.1. The topological polar surface area (TPSA) is 412 Å². The van der Waals surface area contributed by atoms with E-state index < -0.39 is 95.9 Å². The van der Waals surface area contributed by atoms with Crippen LogP contribution in [0, 0.1) is 16.2 Å². The van der Waals surface area contributed by atoms with Gasteiger partial charge in [0, 0.05) is 36.8 Å². The van der Waals surface area contributed by atoms with Crippen LogP contribution in [0.5, 0.6) is 0 Å². The zero-order valence-electron chi connectivity index (χ0n) is 41.1. The molecule has 3 aliphatic rings. The first-order chi connectivity index (χ1) is 34.7. The lowest BCUT2D eigenvalue weighted by molar-refractivity contribution is -0.347. The highest BCUT2D eigenvalue weighted by atomic mass is 31.3. The number of imidazole rings is 1. The quantitative estimate of drug-likeness (QED) is 0.0371. The number of carboxylic acid groups (broad SMARTS) is 1. The van der Waals surface area contributed by atoms with Crippen LogP contribution in [0.2, 0.25) is 0 Å². The second-order valence-electron chi connectivity index (χ2n) is 20.0. The molecule has 3 heterocycles. The molecule has 2 aromatic heterocycles. The molecule has 2 amide bonds. The summed E-state index contributed by atoms with van der Waals surface area (Å²) in [5, 5.41) is 35.9.